The smallest absolute Gasteiger partial charge is 0.329 e. The fraction of sp³-hybridized carbons (Fsp3) is 0.600. The van der Waals surface area contributed by atoms with Gasteiger partial charge in [0.05, 0.1) is 11.2 Å². The summed E-state index contributed by atoms with van der Waals surface area (Å²) in [5.74, 6) is 0.236. The quantitative estimate of drug-likeness (QED) is 0.477. The number of anilines is 2. The maximum Gasteiger partial charge on any atom is 0.329 e. The number of nitrogens with one attached hydrogen (secondary N) is 3. The highest BCUT2D eigenvalue weighted by atomic mass is 32.2. The van der Waals surface area contributed by atoms with Crippen molar-refractivity contribution in [3.8, 4) is 0 Å². The van der Waals surface area contributed by atoms with E-state index in [-0.39, 0.29) is 24.0 Å². The standard InChI is InChI=1S/C10H18N6O4S/c1-10(2,15-21(4,19)20)6-13-8-7(16(17)18)5-12-9(11-3)14-8/h5,15H,6H2,1-4H3,(H2,11,12,13,14). The zero-order valence-electron chi connectivity index (χ0n) is 12.2. The maximum atomic E-state index is 11.3. The molecule has 1 rings (SSSR count). The van der Waals surface area contributed by atoms with E-state index in [2.05, 4.69) is 25.3 Å². The van der Waals surface area contributed by atoms with Crippen LogP contribution in [0.25, 0.3) is 0 Å². The highest BCUT2D eigenvalue weighted by molar-refractivity contribution is 7.88. The topological polar surface area (TPSA) is 139 Å². The lowest BCUT2D eigenvalue weighted by molar-refractivity contribution is -0.384. The second kappa shape index (κ2) is 6.18. The van der Waals surface area contributed by atoms with Crippen molar-refractivity contribution in [3.63, 3.8) is 0 Å². The SMILES string of the molecule is CNc1ncc([N+](=O)[O-])c(NCC(C)(C)NS(C)(=O)=O)n1. The molecule has 0 atom stereocenters. The number of nitrogens with zero attached hydrogens (tertiary/aromatic N) is 3. The minimum Gasteiger partial charge on any atom is -0.362 e. The molecule has 0 fully saturated rings. The van der Waals surface area contributed by atoms with Crippen LogP contribution in [0.3, 0.4) is 0 Å². The van der Waals surface area contributed by atoms with Crippen LogP contribution in [-0.2, 0) is 10.0 Å². The van der Waals surface area contributed by atoms with Crippen LogP contribution >= 0.6 is 0 Å². The van der Waals surface area contributed by atoms with Crippen LogP contribution < -0.4 is 15.4 Å². The van der Waals surface area contributed by atoms with Crippen molar-refractivity contribution in [1.29, 1.82) is 0 Å². The predicted octanol–water partition coefficient (Wildman–Crippen LogP) is 0.166. The molecule has 0 amide bonds. The van der Waals surface area contributed by atoms with E-state index in [0.29, 0.717) is 0 Å². The molecule has 0 aliphatic rings. The van der Waals surface area contributed by atoms with E-state index in [1.54, 1.807) is 20.9 Å². The first-order valence-electron chi connectivity index (χ1n) is 5.96. The van der Waals surface area contributed by atoms with Gasteiger partial charge in [0.1, 0.15) is 6.20 Å². The summed E-state index contributed by atoms with van der Waals surface area (Å²) >= 11 is 0. The highest BCUT2D eigenvalue weighted by Crippen LogP contribution is 2.22. The molecule has 1 heterocycles. The largest absolute Gasteiger partial charge is 0.362 e. The average Bonchev–Trinajstić information content (AvgIpc) is 2.33. The number of rotatable bonds is 7. The molecule has 3 N–H and O–H groups in total. The van der Waals surface area contributed by atoms with Crippen LogP contribution in [0.2, 0.25) is 0 Å². The van der Waals surface area contributed by atoms with Crippen LogP contribution in [0.4, 0.5) is 17.5 Å². The van der Waals surface area contributed by atoms with E-state index in [0.717, 1.165) is 12.5 Å². The monoisotopic (exact) mass is 318 g/mol. The first kappa shape index (κ1) is 17.0. The Morgan fingerprint density at radius 3 is 2.52 bits per heavy atom. The van der Waals surface area contributed by atoms with E-state index >= 15 is 0 Å². The fourth-order valence-corrected chi connectivity index (χ4v) is 2.68. The maximum absolute atomic E-state index is 11.3. The Morgan fingerprint density at radius 2 is 2.05 bits per heavy atom. The Balaban J connectivity index is 2.94. The van der Waals surface area contributed by atoms with Crippen molar-refractivity contribution < 1.29 is 13.3 Å². The van der Waals surface area contributed by atoms with Gasteiger partial charge in [-0.3, -0.25) is 10.1 Å². The van der Waals surface area contributed by atoms with Gasteiger partial charge in [-0.2, -0.15) is 4.98 Å². The molecule has 1 aromatic rings. The molecule has 0 aliphatic heterocycles. The Morgan fingerprint density at radius 1 is 1.43 bits per heavy atom. The van der Waals surface area contributed by atoms with E-state index in [4.69, 9.17) is 0 Å². The molecule has 0 aromatic carbocycles. The molecule has 1 aromatic heterocycles. The Labute approximate surface area is 122 Å². The number of nitro groups is 1. The van der Waals surface area contributed by atoms with Gasteiger partial charge in [-0.15, -0.1) is 0 Å². The third-order valence-corrected chi connectivity index (χ3v) is 3.27. The van der Waals surface area contributed by atoms with Gasteiger partial charge in [-0.25, -0.2) is 18.1 Å². The normalized spacial score (nSPS) is 12.0. The zero-order valence-corrected chi connectivity index (χ0v) is 13.0. The van der Waals surface area contributed by atoms with Gasteiger partial charge < -0.3 is 10.6 Å². The van der Waals surface area contributed by atoms with Crippen molar-refractivity contribution in [2.75, 3.05) is 30.5 Å². The molecular weight excluding hydrogens is 300 g/mol. The summed E-state index contributed by atoms with van der Waals surface area (Å²) in [4.78, 5) is 18.0. The van der Waals surface area contributed by atoms with Gasteiger partial charge in [0.2, 0.25) is 21.8 Å². The number of aromatic nitrogens is 2. The van der Waals surface area contributed by atoms with Gasteiger partial charge in [0.15, 0.2) is 0 Å². The molecule has 0 saturated heterocycles. The van der Waals surface area contributed by atoms with E-state index in [1.165, 1.54) is 0 Å². The third kappa shape index (κ3) is 5.47. The highest BCUT2D eigenvalue weighted by Gasteiger charge is 2.24. The first-order chi connectivity index (χ1) is 9.54. The van der Waals surface area contributed by atoms with E-state index in [1.807, 2.05) is 0 Å². The summed E-state index contributed by atoms with van der Waals surface area (Å²) < 4.78 is 24.9. The third-order valence-electron chi connectivity index (χ3n) is 2.35. The molecule has 10 nitrogen and oxygen atoms in total. The number of hydrogen-bond donors (Lipinski definition) is 3. The summed E-state index contributed by atoms with van der Waals surface area (Å²) in [6, 6.07) is 0. The van der Waals surface area contributed by atoms with Crippen molar-refractivity contribution >= 4 is 27.5 Å². The summed E-state index contributed by atoms with van der Waals surface area (Å²) in [7, 11) is -1.81. The lowest BCUT2D eigenvalue weighted by Gasteiger charge is -2.25. The second-order valence-corrected chi connectivity index (χ2v) is 6.79. The number of sulfonamides is 1. The van der Waals surface area contributed by atoms with Crippen LogP contribution in [0.15, 0.2) is 6.20 Å². The Bertz CT molecular complexity index is 630. The van der Waals surface area contributed by atoms with Gasteiger partial charge >= 0.3 is 5.69 Å². The molecule has 0 bridgehead atoms. The Hall–Kier alpha value is -2.01. The van der Waals surface area contributed by atoms with Gasteiger partial charge in [-0.1, -0.05) is 0 Å². The second-order valence-electron chi connectivity index (χ2n) is 5.05. The Kier molecular flexibility index (Phi) is 5.01. The van der Waals surface area contributed by atoms with Crippen molar-refractivity contribution in [1.82, 2.24) is 14.7 Å². The van der Waals surface area contributed by atoms with Gasteiger partial charge in [0.25, 0.3) is 0 Å². The van der Waals surface area contributed by atoms with Crippen LogP contribution in [0.5, 0.6) is 0 Å². The summed E-state index contributed by atoms with van der Waals surface area (Å²) in [5, 5.41) is 16.4. The molecule has 118 valence electrons. The van der Waals surface area contributed by atoms with Gasteiger partial charge in [0, 0.05) is 19.1 Å². The minimum atomic E-state index is -3.39. The lowest BCUT2D eigenvalue weighted by atomic mass is 10.1. The van der Waals surface area contributed by atoms with Crippen molar-refractivity contribution in [2.24, 2.45) is 0 Å². The van der Waals surface area contributed by atoms with E-state index < -0.39 is 20.5 Å². The van der Waals surface area contributed by atoms with Crippen LogP contribution in [-0.4, -0.2) is 48.7 Å². The molecule has 0 saturated carbocycles. The van der Waals surface area contributed by atoms with Gasteiger partial charge in [-0.05, 0) is 13.8 Å². The molecule has 21 heavy (non-hydrogen) atoms. The summed E-state index contributed by atoms with van der Waals surface area (Å²) in [6.07, 6.45) is 2.12. The van der Waals surface area contributed by atoms with Crippen LogP contribution in [0, 0.1) is 10.1 Å². The average molecular weight is 318 g/mol. The fourth-order valence-electron chi connectivity index (χ4n) is 1.60. The van der Waals surface area contributed by atoms with Crippen LogP contribution in [0.1, 0.15) is 13.8 Å². The van der Waals surface area contributed by atoms with Crippen molar-refractivity contribution in [3.05, 3.63) is 16.3 Å². The van der Waals surface area contributed by atoms with Crippen molar-refractivity contribution in [2.45, 2.75) is 19.4 Å². The van der Waals surface area contributed by atoms with E-state index in [9.17, 15) is 18.5 Å². The molecule has 0 radical (unpaired) electrons. The zero-order chi connectivity index (χ0) is 16.3. The lowest BCUT2D eigenvalue weighted by Crippen LogP contribution is -2.47. The molecule has 0 aliphatic carbocycles. The molecule has 0 spiro atoms. The minimum absolute atomic E-state index is 0.0164. The number of hydrogen-bond acceptors (Lipinski definition) is 8. The first-order valence-corrected chi connectivity index (χ1v) is 7.85. The molecule has 0 unspecified atom stereocenters. The molecular formula is C10H18N6O4S. The predicted molar refractivity (Wildman–Crippen MR) is 78.8 cm³/mol. The molecule has 11 heteroatoms. The summed E-state index contributed by atoms with van der Waals surface area (Å²) in [6.45, 7) is 3.40. The summed E-state index contributed by atoms with van der Waals surface area (Å²) in [5.41, 5.74) is -1.13.